The minimum Gasteiger partial charge on any atom is -0.381 e. The molecule has 2 rings (SSSR count). The maximum Gasteiger partial charge on any atom is 0.0577 e. The van der Waals surface area contributed by atoms with Gasteiger partial charge < -0.3 is 14.4 Å². The van der Waals surface area contributed by atoms with Crippen molar-refractivity contribution in [2.75, 3.05) is 46.9 Å². The minimum absolute atomic E-state index is 0.213. The smallest absolute Gasteiger partial charge is 0.0577 e. The molecule has 1 aliphatic carbocycles. The molecule has 2 aliphatic rings. The Bertz CT molecular complexity index is 319. The van der Waals surface area contributed by atoms with Gasteiger partial charge in [-0.3, -0.25) is 4.90 Å². The average molecular weight is 312 g/mol. The predicted molar refractivity (Wildman–Crippen MR) is 91.3 cm³/mol. The van der Waals surface area contributed by atoms with Crippen LogP contribution in [0, 0.1) is 5.92 Å². The molecule has 0 aromatic carbocycles. The number of nitrogens with zero attached hydrogens (tertiary/aromatic N) is 2. The molecule has 1 atom stereocenters. The number of rotatable bonds is 6. The van der Waals surface area contributed by atoms with Gasteiger partial charge in [-0.1, -0.05) is 6.92 Å². The number of methoxy groups -OCH3 is 1. The van der Waals surface area contributed by atoms with Crippen LogP contribution < -0.4 is 0 Å². The molecular weight excluding hydrogens is 276 g/mol. The Labute approximate surface area is 137 Å². The van der Waals surface area contributed by atoms with Crippen LogP contribution in [0.1, 0.15) is 46.5 Å². The molecule has 1 unspecified atom stereocenters. The Kier molecular flexibility index (Phi) is 6.69. The first-order chi connectivity index (χ1) is 10.4. The summed E-state index contributed by atoms with van der Waals surface area (Å²) in [5.41, 5.74) is 0.213. The molecule has 4 heteroatoms. The third-order valence-electron chi connectivity index (χ3n) is 6.06. The molecule has 1 saturated carbocycles. The van der Waals surface area contributed by atoms with Gasteiger partial charge in [0.2, 0.25) is 0 Å². The van der Waals surface area contributed by atoms with Gasteiger partial charge in [-0.25, -0.2) is 0 Å². The van der Waals surface area contributed by atoms with Crippen molar-refractivity contribution < 1.29 is 9.47 Å². The van der Waals surface area contributed by atoms with Gasteiger partial charge in [0.25, 0.3) is 0 Å². The highest BCUT2D eigenvalue weighted by molar-refractivity contribution is 4.89. The molecule has 0 bridgehead atoms. The van der Waals surface area contributed by atoms with Crippen molar-refractivity contribution in [2.45, 2.75) is 64.2 Å². The van der Waals surface area contributed by atoms with E-state index in [9.17, 15) is 0 Å². The van der Waals surface area contributed by atoms with Crippen LogP contribution in [0.2, 0.25) is 0 Å². The van der Waals surface area contributed by atoms with E-state index in [-0.39, 0.29) is 5.54 Å². The predicted octanol–water partition coefficient (Wildman–Crippen LogP) is 2.62. The zero-order valence-electron chi connectivity index (χ0n) is 15.3. The highest BCUT2D eigenvalue weighted by Crippen LogP contribution is 2.28. The summed E-state index contributed by atoms with van der Waals surface area (Å²) in [6.45, 7) is 12.7. The molecule has 0 aromatic rings. The molecule has 1 saturated heterocycles. The molecule has 1 heterocycles. The Hall–Kier alpha value is -0.160. The van der Waals surface area contributed by atoms with Gasteiger partial charge in [0, 0.05) is 38.8 Å². The van der Waals surface area contributed by atoms with Crippen LogP contribution in [0.15, 0.2) is 0 Å². The lowest BCUT2D eigenvalue weighted by atomic mass is 9.87. The van der Waals surface area contributed by atoms with Crippen molar-refractivity contribution >= 4 is 0 Å². The van der Waals surface area contributed by atoms with Crippen molar-refractivity contribution in [3.63, 3.8) is 0 Å². The van der Waals surface area contributed by atoms with Gasteiger partial charge >= 0.3 is 0 Å². The summed E-state index contributed by atoms with van der Waals surface area (Å²) in [4.78, 5) is 5.06. The first kappa shape index (κ1) is 18.2. The molecule has 130 valence electrons. The molecule has 0 N–H and O–H groups in total. The van der Waals surface area contributed by atoms with Crippen LogP contribution in [-0.2, 0) is 9.47 Å². The number of hydrogen-bond acceptors (Lipinski definition) is 4. The number of ether oxygens (including phenoxy) is 2. The van der Waals surface area contributed by atoms with E-state index in [0.717, 1.165) is 32.3 Å². The maximum atomic E-state index is 6.24. The highest BCUT2D eigenvalue weighted by Gasteiger charge is 2.34. The second-order valence-electron chi connectivity index (χ2n) is 7.81. The fraction of sp³-hybridized carbons (Fsp3) is 1.00. The fourth-order valence-corrected chi connectivity index (χ4v) is 3.61. The van der Waals surface area contributed by atoms with Crippen LogP contribution in [0.5, 0.6) is 0 Å². The third-order valence-corrected chi connectivity index (χ3v) is 6.06. The van der Waals surface area contributed by atoms with E-state index < -0.39 is 0 Å². The monoisotopic (exact) mass is 312 g/mol. The Morgan fingerprint density at radius 1 is 1.00 bits per heavy atom. The number of hydrogen-bond donors (Lipinski definition) is 0. The summed E-state index contributed by atoms with van der Waals surface area (Å²) in [6.07, 6.45) is 5.51. The summed E-state index contributed by atoms with van der Waals surface area (Å²) in [7, 11) is 4.04. The topological polar surface area (TPSA) is 24.9 Å². The molecule has 0 aromatic heterocycles. The Morgan fingerprint density at radius 2 is 1.55 bits per heavy atom. The SMILES string of the molecule is COC1CCC(OCC(C)C(C)(C)N2CCN(C)CC2)CC1. The Morgan fingerprint density at radius 3 is 2.09 bits per heavy atom. The van der Waals surface area contributed by atoms with Crippen molar-refractivity contribution in [1.82, 2.24) is 9.80 Å². The lowest BCUT2D eigenvalue weighted by Gasteiger charge is -2.46. The lowest BCUT2D eigenvalue weighted by Crippen LogP contribution is -2.57. The van der Waals surface area contributed by atoms with Crippen molar-refractivity contribution in [3.05, 3.63) is 0 Å². The number of likely N-dealkylation sites (N-methyl/N-ethyl adjacent to an activating group) is 1. The van der Waals surface area contributed by atoms with Crippen molar-refractivity contribution in [1.29, 1.82) is 0 Å². The van der Waals surface area contributed by atoms with E-state index in [1.165, 1.54) is 26.2 Å². The van der Waals surface area contributed by atoms with Crippen LogP contribution >= 0.6 is 0 Å². The maximum absolute atomic E-state index is 6.24. The van der Waals surface area contributed by atoms with Crippen LogP contribution in [0.25, 0.3) is 0 Å². The van der Waals surface area contributed by atoms with Crippen molar-refractivity contribution in [2.24, 2.45) is 5.92 Å². The average Bonchev–Trinajstić information content (AvgIpc) is 2.53. The van der Waals surface area contributed by atoms with E-state index in [4.69, 9.17) is 9.47 Å². The van der Waals surface area contributed by atoms with Gasteiger partial charge in [0.05, 0.1) is 18.8 Å². The molecule has 4 nitrogen and oxygen atoms in total. The second kappa shape index (κ2) is 8.09. The van der Waals surface area contributed by atoms with Crippen LogP contribution in [-0.4, -0.2) is 74.5 Å². The lowest BCUT2D eigenvalue weighted by molar-refractivity contribution is -0.0554. The first-order valence-corrected chi connectivity index (χ1v) is 9.01. The number of piperazine rings is 1. The van der Waals surface area contributed by atoms with Gasteiger partial charge in [0.15, 0.2) is 0 Å². The normalized spacial score (nSPS) is 30.4. The summed E-state index contributed by atoms with van der Waals surface area (Å²) in [5, 5.41) is 0. The molecular formula is C18H36N2O2. The van der Waals surface area contributed by atoms with Gasteiger partial charge in [-0.2, -0.15) is 0 Å². The zero-order chi connectivity index (χ0) is 16.2. The molecule has 2 fully saturated rings. The van der Waals surface area contributed by atoms with Gasteiger partial charge in [-0.05, 0) is 52.5 Å². The molecule has 0 amide bonds. The molecule has 0 spiro atoms. The quantitative estimate of drug-likeness (QED) is 0.753. The van der Waals surface area contributed by atoms with Crippen molar-refractivity contribution in [3.8, 4) is 0 Å². The second-order valence-corrected chi connectivity index (χ2v) is 7.81. The Balaban J connectivity index is 1.75. The highest BCUT2D eigenvalue weighted by atomic mass is 16.5. The molecule has 0 radical (unpaired) electrons. The van der Waals surface area contributed by atoms with E-state index in [0.29, 0.717) is 18.1 Å². The largest absolute Gasteiger partial charge is 0.381 e. The fourth-order valence-electron chi connectivity index (χ4n) is 3.61. The first-order valence-electron chi connectivity index (χ1n) is 9.01. The molecule has 22 heavy (non-hydrogen) atoms. The van der Waals surface area contributed by atoms with Crippen LogP contribution in [0.3, 0.4) is 0 Å². The summed E-state index contributed by atoms with van der Waals surface area (Å²) >= 11 is 0. The van der Waals surface area contributed by atoms with Gasteiger partial charge in [0.1, 0.15) is 0 Å². The minimum atomic E-state index is 0.213. The van der Waals surface area contributed by atoms with E-state index >= 15 is 0 Å². The summed E-state index contributed by atoms with van der Waals surface area (Å²) in [5.74, 6) is 0.552. The summed E-state index contributed by atoms with van der Waals surface area (Å²) < 4.78 is 11.7. The third kappa shape index (κ3) is 4.67. The van der Waals surface area contributed by atoms with E-state index in [1.54, 1.807) is 0 Å². The van der Waals surface area contributed by atoms with Gasteiger partial charge in [-0.15, -0.1) is 0 Å². The molecule has 1 aliphatic heterocycles. The summed E-state index contributed by atoms with van der Waals surface area (Å²) in [6, 6.07) is 0. The van der Waals surface area contributed by atoms with E-state index in [1.807, 2.05) is 7.11 Å². The van der Waals surface area contributed by atoms with E-state index in [2.05, 4.69) is 37.6 Å². The standard InChI is InChI=1S/C18H36N2O2/c1-15(14-22-17-8-6-16(21-5)7-9-17)18(2,3)20-12-10-19(4)11-13-20/h15-17H,6-14H2,1-5H3. The zero-order valence-corrected chi connectivity index (χ0v) is 15.3. The van der Waals surface area contributed by atoms with Crippen LogP contribution in [0.4, 0.5) is 0 Å².